The first kappa shape index (κ1) is 12.2. The number of carbonyl (C=O) groups excluding carboxylic acids is 1. The van der Waals surface area contributed by atoms with Crippen molar-refractivity contribution in [3.8, 4) is 0 Å². The number of nitrogens with zero attached hydrogens (tertiary/aromatic N) is 2. The van der Waals surface area contributed by atoms with E-state index in [0.29, 0.717) is 15.2 Å². The van der Waals surface area contributed by atoms with E-state index in [4.69, 9.17) is 0 Å². The van der Waals surface area contributed by atoms with Crippen molar-refractivity contribution in [1.29, 1.82) is 0 Å². The number of halogens is 1. The maximum Gasteiger partial charge on any atom is 0.258 e. The number of thiazole rings is 1. The molecule has 2 heterocycles. The topological polar surface area (TPSA) is 54.9 Å². The van der Waals surface area contributed by atoms with E-state index in [1.165, 1.54) is 11.3 Å². The average molecular weight is 312 g/mol. The zero-order chi connectivity index (χ0) is 12.4. The quantitative estimate of drug-likeness (QED) is 0.926. The lowest BCUT2D eigenvalue weighted by Crippen LogP contribution is -2.12. The first-order valence-corrected chi connectivity index (χ1v) is 6.54. The number of hydrogen-bond acceptors (Lipinski definition) is 4. The summed E-state index contributed by atoms with van der Waals surface area (Å²) in [6.07, 6.45) is 3.17. The Labute approximate surface area is 111 Å². The van der Waals surface area contributed by atoms with E-state index in [2.05, 4.69) is 31.2 Å². The van der Waals surface area contributed by atoms with E-state index in [-0.39, 0.29) is 5.91 Å². The Morgan fingerprint density at radius 3 is 2.82 bits per heavy atom. The van der Waals surface area contributed by atoms with Crippen LogP contribution in [0.4, 0.5) is 5.13 Å². The van der Waals surface area contributed by atoms with Crippen LogP contribution < -0.4 is 5.32 Å². The van der Waals surface area contributed by atoms with Gasteiger partial charge in [-0.05, 0) is 35.8 Å². The lowest BCUT2D eigenvalue weighted by atomic mass is 10.2. The number of nitrogens with one attached hydrogen (secondary N) is 1. The van der Waals surface area contributed by atoms with Crippen LogP contribution in [0, 0.1) is 13.8 Å². The Morgan fingerprint density at radius 2 is 2.24 bits per heavy atom. The summed E-state index contributed by atoms with van der Waals surface area (Å²) >= 11 is 4.76. The molecule has 4 nitrogen and oxygen atoms in total. The molecule has 0 spiro atoms. The zero-order valence-electron chi connectivity index (χ0n) is 9.32. The van der Waals surface area contributed by atoms with Gasteiger partial charge in [-0.2, -0.15) is 0 Å². The summed E-state index contributed by atoms with van der Waals surface area (Å²) in [5, 5.41) is 3.39. The van der Waals surface area contributed by atoms with E-state index >= 15 is 0 Å². The van der Waals surface area contributed by atoms with Gasteiger partial charge in [0, 0.05) is 21.7 Å². The monoisotopic (exact) mass is 311 g/mol. The molecule has 0 fully saturated rings. The van der Waals surface area contributed by atoms with Gasteiger partial charge in [-0.15, -0.1) is 11.3 Å². The summed E-state index contributed by atoms with van der Waals surface area (Å²) < 4.78 is 0.669. The van der Waals surface area contributed by atoms with E-state index in [9.17, 15) is 4.79 Å². The minimum atomic E-state index is -0.187. The third kappa shape index (κ3) is 2.70. The molecular formula is C11H10BrN3OS. The summed E-state index contributed by atoms with van der Waals surface area (Å²) in [6.45, 7) is 3.90. The standard InChI is InChI=1S/C11H10BrN3OS/c1-6-7(2)17-11(14-6)15-10(16)8-3-4-13-5-9(8)12/h3-5H,1-2H3,(H,14,15,16). The number of pyridine rings is 1. The van der Waals surface area contributed by atoms with Gasteiger partial charge < -0.3 is 0 Å². The molecule has 17 heavy (non-hydrogen) atoms. The fourth-order valence-corrected chi connectivity index (χ4v) is 2.49. The molecule has 0 aliphatic heterocycles. The minimum Gasteiger partial charge on any atom is -0.298 e. The molecule has 2 aromatic heterocycles. The van der Waals surface area contributed by atoms with Crippen LogP contribution in [-0.2, 0) is 0 Å². The van der Waals surface area contributed by atoms with E-state index in [1.54, 1.807) is 18.5 Å². The fraction of sp³-hybridized carbons (Fsp3) is 0.182. The zero-order valence-corrected chi connectivity index (χ0v) is 11.7. The Bertz CT molecular complexity index is 548. The molecule has 6 heteroatoms. The van der Waals surface area contributed by atoms with Crippen LogP contribution >= 0.6 is 27.3 Å². The molecule has 0 aromatic carbocycles. The Hall–Kier alpha value is -1.27. The molecule has 0 radical (unpaired) electrons. The van der Waals surface area contributed by atoms with Gasteiger partial charge in [0.05, 0.1) is 11.3 Å². The lowest BCUT2D eigenvalue weighted by molar-refractivity contribution is 0.102. The minimum absolute atomic E-state index is 0.187. The van der Waals surface area contributed by atoms with Crippen LogP contribution in [-0.4, -0.2) is 15.9 Å². The smallest absolute Gasteiger partial charge is 0.258 e. The fourth-order valence-electron chi connectivity index (χ4n) is 1.25. The van der Waals surface area contributed by atoms with Gasteiger partial charge in [0.15, 0.2) is 5.13 Å². The van der Waals surface area contributed by atoms with Gasteiger partial charge in [0.25, 0.3) is 5.91 Å². The second-order valence-corrected chi connectivity index (χ2v) is 5.53. The highest BCUT2D eigenvalue weighted by atomic mass is 79.9. The number of aryl methyl sites for hydroxylation is 2. The summed E-state index contributed by atoms with van der Waals surface area (Å²) in [7, 11) is 0. The molecule has 0 bridgehead atoms. The third-order valence-corrected chi connectivity index (χ3v) is 3.89. The normalized spacial score (nSPS) is 10.3. The predicted octanol–water partition coefficient (Wildman–Crippen LogP) is 3.17. The SMILES string of the molecule is Cc1nc(NC(=O)c2ccncc2Br)sc1C. The molecule has 0 aliphatic rings. The second-order valence-electron chi connectivity index (χ2n) is 3.47. The predicted molar refractivity (Wildman–Crippen MR) is 71.5 cm³/mol. The van der Waals surface area contributed by atoms with Gasteiger partial charge in [0.2, 0.25) is 0 Å². The number of amides is 1. The highest BCUT2D eigenvalue weighted by Gasteiger charge is 2.12. The van der Waals surface area contributed by atoms with Crippen LogP contribution in [0.25, 0.3) is 0 Å². The van der Waals surface area contributed by atoms with E-state index in [1.807, 2.05) is 13.8 Å². The van der Waals surface area contributed by atoms with Gasteiger partial charge in [0.1, 0.15) is 0 Å². The Balaban J connectivity index is 2.20. The number of hydrogen-bond donors (Lipinski definition) is 1. The van der Waals surface area contributed by atoms with Gasteiger partial charge >= 0.3 is 0 Å². The van der Waals surface area contributed by atoms with E-state index in [0.717, 1.165) is 10.6 Å². The van der Waals surface area contributed by atoms with Crippen LogP contribution in [0.2, 0.25) is 0 Å². The highest BCUT2D eigenvalue weighted by molar-refractivity contribution is 9.10. The van der Waals surface area contributed by atoms with Crippen molar-refractivity contribution in [3.05, 3.63) is 39.1 Å². The molecule has 2 aromatic rings. The molecule has 88 valence electrons. The van der Waals surface area contributed by atoms with Crippen LogP contribution in [0.5, 0.6) is 0 Å². The maximum absolute atomic E-state index is 12.0. The summed E-state index contributed by atoms with van der Waals surface area (Å²) in [4.78, 5) is 21.2. The molecule has 0 atom stereocenters. The number of aromatic nitrogens is 2. The van der Waals surface area contributed by atoms with Crippen molar-refractivity contribution in [3.63, 3.8) is 0 Å². The van der Waals surface area contributed by atoms with Crippen molar-refractivity contribution < 1.29 is 4.79 Å². The van der Waals surface area contributed by atoms with Gasteiger partial charge in [-0.1, -0.05) is 0 Å². The molecular weight excluding hydrogens is 302 g/mol. The van der Waals surface area contributed by atoms with Gasteiger partial charge in [-0.25, -0.2) is 4.98 Å². The van der Waals surface area contributed by atoms with Crippen LogP contribution in [0.15, 0.2) is 22.9 Å². The summed E-state index contributed by atoms with van der Waals surface area (Å²) in [6, 6.07) is 1.66. The Kier molecular flexibility index (Phi) is 3.54. The van der Waals surface area contributed by atoms with Crippen molar-refractivity contribution >= 4 is 38.3 Å². The number of carbonyl (C=O) groups is 1. The van der Waals surface area contributed by atoms with Crippen LogP contribution in [0.1, 0.15) is 20.9 Å². The largest absolute Gasteiger partial charge is 0.298 e. The van der Waals surface area contributed by atoms with Crippen molar-refractivity contribution in [2.75, 3.05) is 5.32 Å². The van der Waals surface area contributed by atoms with E-state index < -0.39 is 0 Å². The molecule has 0 saturated carbocycles. The Morgan fingerprint density at radius 1 is 1.47 bits per heavy atom. The van der Waals surface area contributed by atoms with Gasteiger partial charge in [-0.3, -0.25) is 15.1 Å². The second kappa shape index (κ2) is 4.93. The number of anilines is 1. The molecule has 0 aliphatic carbocycles. The summed E-state index contributed by atoms with van der Waals surface area (Å²) in [5.41, 5.74) is 1.49. The lowest BCUT2D eigenvalue weighted by Gasteiger charge is -2.02. The maximum atomic E-state index is 12.0. The first-order chi connectivity index (χ1) is 8.08. The van der Waals surface area contributed by atoms with Crippen LogP contribution in [0.3, 0.4) is 0 Å². The molecule has 1 N–H and O–H groups in total. The molecule has 0 saturated heterocycles. The molecule has 2 rings (SSSR count). The number of rotatable bonds is 2. The molecule has 1 amide bonds. The summed E-state index contributed by atoms with van der Waals surface area (Å²) in [5.74, 6) is -0.187. The van der Waals surface area contributed by atoms with Crippen molar-refractivity contribution in [2.24, 2.45) is 0 Å². The molecule has 0 unspecified atom stereocenters. The highest BCUT2D eigenvalue weighted by Crippen LogP contribution is 2.22. The van der Waals surface area contributed by atoms with Crippen molar-refractivity contribution in [2.45, 2.75) is 13.8 Å². The van der Waals surface area contributed by atoms with Crippen molar-refractivity contribution in [1.82, 2.24) is 9.97 Å². The first-order valence-electron chi connectivity index (χ1n) is 4.93. The third-order valence-electron chi connectivity index (χ3n) is 2.27. The average Bonchev–Trinajstić information content (AvgIpc) is 2.58.